The van der Waals surface area contributed by atoms with Gasteiger partial charge in [0.1, 0.15) is 10.7 Å². The Hall–Kier alpha value is -1.89. The maximum atomic E-state index is 13.8. The average Bonchev–Trinajstić information content (AvgIpc) is 2.79. The molecule has 0 aliphatic heterocycles. The molecule has 7 heteroatoms. The van der Waals surface area contributed by atoms with E-state index in [2.05, 4.69) is 5.10 Å². The van der Waals surface area contributed by atoms with Crippen LogP contribution >= 0.6 is 0 Å². The summed E-state index contributed by atoms with van der Waals surface area (Å²) in [7, 11) is -3.78. The van der Waals surface area contributed by atoms with Gasteiger partial charge in [0, 0.05) is 12.2 Å². The Morgan fingerprint density at radius 1 is 1.29 bits per heavy atom. The Bertz CT molecular complexity index is 754. The lowest BCUT2D eigenvalue weighted by molar-refractivity contribution is 0.562. The summed E-state index contributed by atoms with van der Waals surface area (Å²) in [6, 6.07) is 5.34. The van der Waals surface area contributed by atoms with E-state index >= 15 is 0 Å². The zero-order valence-electron chi connectivity index (χ0n) is 12.0. The van der Waals surface area contributed by atoms with Crippen molar-refractivity contribution < 1.29 is 12.8 Å². The number of aryl methyl sites for hydroxylation is 2. The molecule has 0 bridgehead atoms. The van der Waals surface area contributed by atoms with Crippen molar-refractivity contribution >= 4 is 15.5 Å². The Kier molecular flexibility index (Phi) is 4.32. The summed E-state index contributed by atoms with van der Waals surface area (Å²) in [5.41, 5.74) is 7.01. The van der Waals surface area contributed by atoms with Gasteiger partial charge in [-0.15, -0.1) is 0 Å². The second-order valence-corrected chi connectivity index (χ2v) is 6.70. The van der Waals surface area contributed by atoms with Gasteiger partial charge in [0.25, 0.3) is 0 Å². The fourth-order valence-corrected chi connectivity index (χ4v) is 3.53. The molecule has 5 nitrogen and oxygen atoms in total. The van der Waals surface area contributed by atoms with E-state index in [-0.39, 0.29) is 16.3 Å². The molecule has 2 N–H and O–H groups in total. The normalized spacial score (nSPS) is 11.8. The molecule has 0 radical (unpaired) electrons. The van der Waals surface area contributed by atoms with Gasteiger partial charge in [-0.3, -0.25) is 4.68 Å². The number of hydrogen-bond acceptors (Lipinski definition) is 4. The van der Waals surface area contributed by atoms with E-state index in [1.165, 1.54) is 12.1 Å². The van der Waals surface area contributed by atoms with Gasteiger partial charge in [-0.1, -0.05) is 6.92 Å². The van der Waals surface area contributed by atoms with E-state index in [4.69, 9.17) is 5.73 Å². The number of rotatable bonds is 5. The minimum atomic E-state index is -3.78. The van der Waals surface area contributed by atoms with Crippen LogP contribution < -0.4 is 5.73 Å². The SMILES string of the molecule is CCc1cc(CS(=O)(=O)c2ccc(N)cc2F)n(CC)n1. The number of nitrogens with zero attached hydrogens (tertiary/aromatic N) is 2. The van der Waals surface area contributed by atoms with Gasteiger partial charge in [-0.2, -0.15) is 5.10 Å². The van der Waals surface area contributed by atoms with Crippen LogP contribution in [0.4, 0.5) is 10.1 Å². The van der Waals surface area contributed by atoms with Crippen LogP contribution in [0.1, 0.15) is 25.2 Å². The topological polar surface area (TPSA) is 78.0 Å². The molecule has 2 aromatic rings. The van der Waals surface area contributed by atoms with E-state index in [1.807, 2.05) is 13.8 Å². The van der Waals surface area contributed by atoms with Crippen molar-refractivity contribution in [3.63, 3.8) is 0 Å². The van der Waals surface area contributed by atoms with E-state index in [0.29, 0.717) is 12.2 Å². The molecule has 0 amide bonds. The summed E-state index contributed by atoms with van der Waals surface area (Å²) in [6.07, 6.45) is 0.719. The van der Waals surface area contributed by atoms with Crippen LogP contribution in [0.15, 0.2) is 29.2 Å². The molecule has 0 aliphatic carbocycles. The third kappa shape index (κ3) is 3.24. The third-order valence-electron chi connectivity index (χ3n) is 3.20. The lowest BCUT2D eigenvalue weighted by Crippen LogP contribution is -2.12. The molecular formula is C14H18FN3O2S. The summed E-state index contributed by atoms with van der Waals surface area (Å²) in [4.78, 5) is -0.335. The second kappa shape index (κ2) is 5.85. The van der Waals surface area contributed by atoms with E-state index in [1.54, 1.807) is 10.7 Å². The minimum Gasteiger partial charge on any atom is -0.399 e. The molecule has 1 heterocycles. The molecular weight excluding hydrogens is 293 g/mol. The molecule has 1 aromatic heterocycles. The monoisotopic (exact) mass is 311 g/mol. The maximum absolute atomic E-state index is 13.8. The fraction of sp³-hybridized carbons (Fsp3) is 0.357. The van der Waals surface area contributed by atoms with Crippen molar-refractivity contribution in [2.75, 3.05) is 5.73 Å². The number of nitrogen functional groups attached to an aromatic ring is 1. The van der Waals surface area contributed by atoms with Crippen LogP contribution in [0.2, 0.25) is 0 Å². The second-order valence-electron chi connectivity index (χ2n) is 4.75. The molecule has 1 aromatic carbocycles. The summed E-state index contributed by atoms with van der Waals surface area (Å²) < 4.78 is 40.2. The zero-order valence-corrected chi connectivity index (χ0v) is 12.8. The van der Waals surface area contributed by atoms with Gasteiger partial charge >= 0.3 is 0 Å². The fourth-order valence-electron chi connectivity index (χ4n) is 2.12. The lowest BCUT2D eigenvalue weighted by atomic mass is 10.3. The van der Waals surface area contributed by atoms with Gasteiger partial charge in [0.05, 0.1) is 17.1 Å². The first-order valence-electron chi connectivity index (χ1n) is 6.70. The van der Waals surface area contributed by atoms with Crippen LogP contribution in [0.5, 0.6) is 0 Å². The predicted octanol–water partition coefficient (Wildman–Crippen LogP) is 2.16. The third-order valence-corrected chi connectivity index (χ3v) is 4.88. The number of sulfone groups is 1. The van der Waals surface area contributed by atoms with Crippen molar-refractivity contribution in [3.05, 3.63) is 41.5 Å². The molecule has 0 saturated carbocycles. The van der Waals surface area contributed by atoms with Gasteiger partial charge in [0.2, 0.25) is 0 Å². The molecule has 21 heavy (non-hydrogen) atoms. The smallest absolute Gasteiger partial charge is 0.186 e. The van der Waals surface area contributed by atoms with Gasteiger partial charge < -0.3 is 5.73 Å². The summed E-state index contributed by atoms with van der Waals surface area (Å²) in [5, 5.41) is 4.30. The van der Waals surface area contributed by atoms with E-state index < -0.39 is 15.7 Å². The standard InChI is InChI=1S/C14H18FN3O2S/c1-3-11-8-12(18(4-2)17-11)9-21(19,20)14-6-5-10(16)7-13(14)15/h5-8H,3-4,9,16H2,1-2H3. The Balaban J connectivity index is 2.39. The number of anilines is 1. The summed E-state index contributed by atoms with van der Waals surface area (Å²) >= 11 is 0. The molecule has 0 unspecified atom stereocenters. The number of nitrogens with two attached hydrogens (primary N) is 1. The van der Waals surface area contributed by atoms with Gasteiger partial charge in [-0.25, -0.2) is 12.8 Å². The first-order chi connectivity index (χ1) is 9.87. The first kappa shape index (κ1) is 15.5. The summed E-state index contributed by atoms with van der Waals surface area (Å²) in [5.74, 6) is -1.11. The quantitative estimate of drug-likeness (QED) is 0.858. The molecule has 0 aliphatic rings. The highest BCUT2D eigenvalue weighted by Crippen LogP contribution is 2.22. The van der Waals surface area contributed by atoms with Crippen molar-refractivity contribution in [1.29, 1.82) is 0 Å². The molecule has 0 fully saturated rings. The van der Waals surface area contributed by atoms with Gasteiger partial charge in [-0.05, 0) is 37.6 Å². The highest BCUT2D eigenvalue weighted by Gasteiger charge is 2.22. The van der Waals surface area contributed by atoms with Crippen molar-refractivity contribution in [3.8, 4) is 0 Å². The van der Waals surface area contributed by atoms with E-state index in [9.17, 15) is 12.8 Å². The highest BCUT2D eigenvalue weighted by molar-refractivity contribution is 7.90. The molecule has 114 valence electrons. The number of halogens is 1. The molecule has 0 saturated heterocycles. The highest BCUT2D eigenvalue weighted by atomic mass is 32.2. The van der Waals surface area contributed by atoms with Crippen LogP contribution in [0.25, 0.3) is 0 Å². The van der Waals surface area contributed by atoms with Crippen LogP contribution in [-0.4, -0.2) is 18.2 Å². The number of aromatic nitrogens is 2. The number of benzene rings is 1. The van der Waals surface area contributed by atoms with Crippen molar-refractivity contribution in [2.45, 2.75) is 37.5 Å². The lowest BCUT2D eigenvalue weighted by Gasteiger charge is -2.08. The molecule has 0 spiro atoms. The molecule has 2 rings (SSSR count). The van der Waals surface area contributed by atoms with Crippen molar-refractivity contribution in [1.82, 2.24) is 9.78 Å². The van der Waals surface area contributed by atoms with Crippen LogP contribution in [0, 0.1) is 5.82 Å². The van der Waals surface area contributed by atoms with Crippen molar-refractivity contribution in [2.24, 2.45) is 0 Å². The largest absolute Gasteiger partial charge is 0.399 e. The summed E-state index contributed by atoms with van der Waals surface area (Å²) in [6.45, 7) is 4.39. The Morgan fingerprint density at radius 3 is 2.57 bits per heavy atom. The van der Waals surface area contributed by atoms with Crippen LogP contribution in [0.3, 0.4) is 0 Å². The zero-order chi connectivity index (χ0) is 15.6. The van der Waals surface area contributed by atoms with E-state index in [0.717, 1.165) is 18.2 Å². The van der Waals surface area contributed by atoms with Crippen LogP contribution in [-0.2, 0) is 28.6 Å². The van der Waals surface area contributed by atoms with Gasteiger partial charge in [0.15, 0.2) is 9.84 Å². The molecule has 0 atom stereocenters. The maximum Gasteiger partial charge on any atom is 0.186 e. The first-order valence-corrected chi connectivity index (χ1v) is 8.36. The Morgan fingerprint density at radius 2 is 2.00 bits per heavy atom. The minimum absolute atomic E-state index is 0.193. The predicted molar refractivity (Wildman–Crippen MR) is 79.0 cm³/mol. The average molecular weight is 311 g/mol. The Labute approximate surface area is 123 Å². The number of hydrogen-bond donors (Lipinski definition) is 1.